The normalized spacial score (nSPS) is 11.4. The fourth-order valence-corrected chi connectivity index (χ4v) is 6.00. The van der Waals surface area contributed by atoms with Gasteiger partial charge in [-0.05, 0) is 90.4 Å². The summed E-state index contributed by atoms with van der Waals surface area (Å²) in [6.07, 6.45) is 0. The van der Waals surface area contributed by atoms with Crippen LogP contribution in [0.25, 0.3) is 77.3 Å². The van der Waals surface area contributed by atoms with Crippen molar-refractivity contribution in [1.82, 2.24) is 15.0 Å². The monoisotopic (exact) mass is 569 g/mol. The minimum Gasteiger partial charge on any atom is -0.208 e. The van der Waals surface area contributed by atoms with Crippen LogP contribution < -0.4 is 0 Å². The van der Waals surface area contributed by atoms with Crippen molar-refractivity contribution in [2.45, 2.75) is 0 Å². The summed E-state index contributed by atoms with van der Waals surface area (Å²) in [5.41, 5.74) is 6.42. The lowest BCUT2D eigenvalue weighted by Crippen LogP contribution is -1.97. The third-order valence-corrected chi connectivity index (χ3v) is 8.18. The third kappa shape index (κ3) is 4.80. The van der Waals surface area contributed by atoms with Crippen molar-refractivity contribution in [3.05, 3.63) is 151 Å². The predicted molar refractivity (Wildman–Crippen MR) is 179 cm³/mol. The van der Waals surface area contributed by atoms with Crippen LogP contribution in [-0.4, -0.2) is 15.0 Å². The van der Waals surface area contributed by atoms with Gasteiger partial charge in [-0.1, -0.05) is 121 Å². The van der Waals surface area contributed by atoms with Crippen molar-refractivity contribution in [1.29, 1.82) is 0 Å². The largest absolute Gasteiger partial charge is 0.226 e. The van der Waals surface area contributed by atoms with Crippen molar-refractivity contribution in [3.63, 3.8) is 0 Å². The van der Waals surface area contributed by atoms with Gasteiger partial charge in [-0.3, -0.25) is 0 Å². The first-order chi connectivity index (χ1) is 21.2. The van der Waals surface area contributed by atoms with E-state index in [-0.39, 0.29) is 5.28 Å². The molecule has 0 atom stereocenters. The summed E-state index contributed by atoms with van der Waals surface area (Å²) in [5.74, 6) is 1.09. The van der Waals surface area contributed by atoms with E-state index in [9.17, 15) is 0 Å². The first kappa shape index (κ1) is 25.3. The molecule has 0 N–H and O–H groups in total. The molecule has 0 saturated carbocycles. The minimum absolute atomic E-state index is 0.169. The quantitative estimate of drug-likeness (QED) is 0.211. The van der Waals surface area contributed by atoms with Gasteiger partial charge in [0.25, 0.3) is 0 Å². The van der Waals surface area contributed by atoms with Gasteiger partial charge in [0.05, 0.1) is 0 Å². The molecule has 0 unspecified atom stereocenters. The minimum atomic E-state index is 0.169. The molecule has 0 aliphatic heterocycles. The molecule has 0 aliphatic carbocycles. The van der Waals surface area contributed by atoms with Gasteiger partial charge in [0.15, 0.2) is 11.6 Å². The number of rotatable bonds is 4. The highest BCUT2D eigenvalue weighted by Gasteiger charge is 2.12. The molecule has 0 amide bonds. The van der Waals surface area contributed by atoms with Crippen LogP contribution >= 0.6 is 11.6 Å². The summed E-state index contributed by atoms with van der Waals surface area (Å²) in [6.45, 7) is 0. The zero-order valence-corrected chi connectivity index (χ0v) is 23.8. The summed E-state index contributed by atoms with van der Waals surface area (Å²) in [6, 6.07) is 50.9. The number of benzene rings is 7. The van der Waals surface area contributed by atoms with Gasteiger partial charge >= 0.3 is 0 Å². The summed E-state index contributed by atoms with van der Waals surface area (Å²) in [4.78, 5) is 13.9. The van der Waals surface area contributed by atoms with E-state index in [1.165, 1.54) is 32.7 Å². The highest BCUT2D eigenvalue weighted by Crippen LogP contribution is 2.33. The van der Waals surface area contributed by atoms with Crippen molar-refractivity contribution >= 4 is 43.9 Å². The van der Waals surface area contributed by atoms with Gasteiger partial charge in [0, 0.05) is 11.1 Å². The molecular weight excluding hydrogens is 546 g/mol. The third-order valence-electron chi connectivity index (χ3n) is 8.01. The molecule has 1 aromatic heterocycles. The van der Waals surface area contributed by atoms with Gasteiger partial charge in [-0.2, -0.15) is 9.97 Å². The molecule has 43 heavy (non-hydrogen) atoms. The molecule has 0 bridgehead atoms. The second-order valence-electron chi connectivity index (χ2n) is 10.7. The number of hydrogen-bond acceptors (Lipinski definition) is 3. The van der Waals surface area contributed by atoms with Gasteiger partial charge in [-0.25, -0.2) is 4.98 Å². The van der Waals surface area contributed by atoms with Gasteiger partial charge in [0.1, 0.15) is 0 Å². The standard InChI is InChI=1S/C39H24ClN3/c40-39-42-37(33-12-5-11-32(24-33)36-14-6-10-26-8-3-4-13-35(26)36)41-38(43-39)34-20-19-30-22-29(17-18-31(30)23-34)28-16-15-25-7-1-2-9-27(25)21-28/h1-24H. The number of fused-ring (bicyclic) bond motifs is 3. The Hall–Kier alpha value is -5.38. The molecular formula is C39H24ClN3. The molecule has 0 spiro atoms. The van der Waals surface area contributed by atoms with Crippen LogP contribution in [0.15, 0.2) is 146 Å². The van der Waals surface area contributed by atoms with Crippen LogP contribution in [-0.2, 0) is 0 Å². The lowest BCUT2D eigenvalue weighted by Gasteiger charge is -2.10. The molecule has 3 nitrogen and oxygen atoms in total. The smallest absolute Gasteiger partial charge is 0.208 e. The molecule has 8 rings (SSSR count). The fourth-order valence-electron chi connectivity index (χ4n) is 5.84. The summed E-state index contributed by atoms with van der Waals surface area (Å²) >= 11 is 6.47. The van der Waals surface area contributed by atoms with E-state index >= 15 is 0 Å². The highest BCUT2D eigenvalue weighted by molar-refractivity contribution is 6.28. The SMILES string of the molecule is Clc1nc(-c2cccc(-c3cccc4ccccc34)c2)nc(-c2ccc3cc(-c4ccc5ccccc5c4)ccc3c2)n1. The molecule has 8 aromatic rings. The van der Waals surface area contributed by atoms with Crippen LogP contribution in [0.1, 0.15) is 0 Å². The molecule has 7 aromatic carbocycles. The summed E-state index contributed by atoms with van der Waals surface area (Å²) in [7, 11) is 0. The van der Waals surface area contributed by atoms with Crippen LogP contribution in [0, 0.1) is 0 Å². The Labute approximate surface area is 254 Å². The zero-order valence-electron chi connectivity index (χ0n) is 23.1. The molecule has 0 aliphatic rings. The molecule has 0 radical (unpaired) electrons. The van der Waals surface area contributed by atoms with Crippen molar-refractivity contribution in [2.24, 2.45) is 0 Å². The summed E-state index contributed by atoms with van der Waals surface area (Å²) < 4.78 is 0. The average molecular weight is 570 g/mol. The van der Waals surface area contributed by atoms with E-state index in [1.807, 2.05) is 12.1 Å². The Morgan fingerprint density at radius 1 is 0.349 bits per heavy atom. The maximum Gasteiger partial charge on any atom is 0.226 e. The maximum absolute atomic E-state index is 6.47. The predicted octanol–water partition coefficient (Wildman–Crippen LogP) is 10.7. The van der Waals surface area contributed by atoms with Crippen LogP contribution in [0.2, 0.25) is 5.28 Å². The highest BCUT2D eigenvalue weighted by atomic mass is 35.5. The lowest BCUT2D eigenvalue weighted by atomic mass is 9.97. The fraction of sp³-hybridized carbons (Fsp3) is 0. The Balaban J connectivity index is 1.15. The molecule has 202 valence electrons. The molecule has 1 heterocycles. The first-order valence-electron chi connectivity index (χ1n) is 14.2. The average Bonchev–Trinajstić information content (AvgIpc) is 3.07. The Morgan fingerprint density at radius 2 is 0.860 bits per heavy atom. The second kappa shape index (κ2) is 10.5. The molecule has 0 saturated heterocycles. The maximum atomic E-state index is 6.47. The van der Waals surface area contributed by atoms with Gasteiger partial charge in [0.2, 0.25) is 5.28 Å². The number of aromatic nitrogens is 3. The van der Waals surface area contributed by atoms with Gasteiger partial charge < -0.3 is 0 Å². The summed E-state index contributed by atoms with van der Waals surface area (Å²) in [5, 5.41) is 7.32. The van der Waals surface area contributed by atoms with E-state index in [4.69, 9.17) is 16.6 Å². The van der Waals surface area contributed by atoms with Gasteiger partial charge in [-0.15, -0.1) is 0 Å². The number of hydrogen-bond donors (Lipinski definition) is 0. The Kier molecular flexibility index (Phi) is 6.17. The van der Waals surface area contributed by atoms with E-state index in [1.54, 1.807) is 0 Å². The van der Waals surface area contributed by atoms with E-state index < -0.39 is 0 Å². The van der Waals surface area contributed by atoms with Crippen molar-refractivity contribution in [2.75, 3.05) is 0 Å². The Morgan fingerprint density at radius 3 is 1.63 bits per heavy atom. The van der Waals surface area contributed by atoms with Crippen molar-refractivity contribution in [3.8, 4) is 45.0 Å². The first-order valence-corrected chi connectivity index (χ1v) is 14.6. The topological polar surface area (TPSA) is 38.7 Å². The Bertz CT molecular complexity index is 2320. The van der Waals surface area contributed by atoms with E-state index in [0.29, 0.717) is 11.6 Å². The van der Waals surface area contributed by atoms with E-state index in [2.05, 4.69) is 143 Å². The van der Waals surface area contributed by atoms with Crippen molar-refractivity contribution < 1.29 is 0 Å². The van der Waals surface area contributed by atoms with Crippen LogP contribution in [0.3, 0.4) is 0 Å². The number of nitrogens with zero attached hydrogens (tertiary/aromatic N) is 3. The van der Waals surface area contributed by atoms with Crippen LogP contribution in [0.4, 0.5) is 0 Å². The zero-order chi connectivity index (χ0) is 28.8. The number of halogens is 1. The van der Waals surface area contributed by atoms with E-state index in [0.717, 1.165) is 33.0 Å². The second-order valence-corrected chi connectivity index (χ2v) is 11.0. The van der Waals surface area contributed by atoms with Crippen LogP contribution in [0.5, 0.6) is 0 Å². The molecule has 4 heteroatoms. The molecule has 0 fully saturated rings. The lowest BCUT2D eigenvalue weighted by molar-refractivity contribution is 1.07.